The molecule has 1 heterocycles. The third-order valence-corrected chi connectivity index (χ3v) is 2.28. The van der Waals surface area contributed by atoms with Crippen molar-refractivity contribution in [2.24, 2.45) is 16.6 Å². The number of rotatable bonds is 2. The lowest BCUT2D eigenvalue weighted by Gasteiger charge is -2.21. The minimum absolute atomic E-state index is 0.00120. The van der Waals surface area contributed by atoms with E-state index in [9.17, 15) is 4.79 Å². The van der Waals surface area contributed by atoms with Crippen molar-refractivity contribution in [3.8, 4) is 0 Å². The molecule has 1 rings (SSSR count). The highest BCUT2D eigenvalue weighted by Crippen LogP contribution is 2.27. The molecule has 4 heteroatoms. The molecule has 1 aliphatic rings. The highest BCUT2D eigenvalue weighted by atomic mass is 16.2. The van der Waals surface area contributed by atoms with Crippen molar-refractivity contribution in [3.05, 3.63) is 0 Å². The predicted molar refractivity (Wildman–Crippen MR) is 52.3 cm³/mol. The molecule has 13 heavy (non-hydrogen) atoms. The first-order valence-corrected chi connectivity index (χ1v) is 4.50. The first kappa shape index (κ1) is 10.0. The predicted octanol–water partition coefficient (Wildman–Crippen LogP) is 0.578. The minimum Gasteiger partial charge on any atom is -0.369 e. The van der Waals surface area contributed by atoms with Crippen LogP contribution in [0.1, 0.15) is 27.2 Å². The maximum absolute atomic E-state index is 11.7. The van der Waals surface area contributed by atoms with Crippen molar-refractivity contribution in [3.63, 3.8) is 0 Å². The molecule has 2 N–H and O–H groups in total. The van der Waals surface area contributed by atoms with E-state index in [0.29, 0.717) is 11.9 Å². The molecule has 1 aliphatic heterocycles. The van der Waals surface area contributed by atoms with Gasteiger partial charge in [0.25, 0.3) is 5.91 Å². The van der Waals surface area contributed by atoms with Crippen LogP contribution < -0.4 is 5.73 Å². The van der Waals surface area contributed by atoms with Crippen molar-refractivity contribution >= 4 is 11.9 Å². The molecule has 0 saturated carbocycles. The van der Waals surface area contributed by atoms with Gasteiger partial charge in [-0.1, -0.05) is 13.8 Å². The van der Waals surface area contributed by atoms with Crippen LogP contribution in [0.2, 0.25) is 0 Å². The Morgan fingerprint density at radius 2 is 2.15 bits per heavy atom. The van der Waals surface area contributed by atoms with Gasteiger partial charge in [-0.3, -0.25) is 9.69 Å². The fourth-order valence-corrected chi connectivity index (χ4v) is 1.77. The summed E-state index contributed by atoms with van der Waals surface area (Å²) in [4.78, 5) is 17.3. The van der Waals surface area contributed by atoms with Crippen LogP contribution in [-0.2, 0) is 4.79 Å². The number of likely N-dealkylation sites (N-methyl/N-ethyl adjacent to an activating group) is 1. The highest BCUT2D eigenvalue weighted by Gasteiger charge is 2.42. The molecule has 0 aromatic carbocycles. The van der Waals surface area contributed by atoms with Gasteiger partial charge >= 0.3 is 0 Å². The Kier molecular flexibility index (Phi) is 2.32. The van der Waals surface area contributed by atoms with Gasteiger partial charge in [-0.2, -0.15) is 0 Å². The third-order valence-electron chi connectivity index (χ3n) is 2.28. The Labute approximate surface area is 78.8 Å². The lowest BCUT2D eigenvalue weighted by Crippen LogP contribution is -2.40. The fourth-order valence-electron chi connectivity index (χ4n) is 1.77. The van der Waals surface area contributed by atoms with Crippen molar-refractivity contribution in [1.29, 1.82) is 0 Å². The molecule has 0 aromatic rings. The van der Waals surface area contributed by atoms with E-state index in [1.807, 2.05) is 6.92 Å². The summed E-state index contributed by atoms with van der Waals surface area (Å²) in [5.74, 6) is 0.767. The number of nitrogens with zero attached hydrogens (tertiary/aromatic N) is 2. The standard InChI is InChI=1S/C9H17N3O/c1-6(2)5-9(3)7(13)12(4)8(10)11-9/h6H,5H2,1-4H3,(H2,10,11). The van der Waals surface area contributed by atoms with Gasteiger partial charge in [-0.25, -0.2) is 4.99 Å². The number of amides is 1. The van der Waals surface area contributed by atoms with E-state index in [1.165, 1.54) is 4.90 Å². The summed E-state index contributed by atoms with van der Waals surface area (Å²) in [5.41, 5.74) is 4.94. The summed E-state index contributed by atoms with van der Waals surface area (Å²) >= 11 is 0. The average Bonchev–Trinajstić information content (AvgIpc) is 2.14. The van der Waals surface area contributed by atoms with Gasteiger partial charge in [0.05, 0.1) is 0 Å². The normalized spacial score (nSPS) is 28.5. The van der Waals surface area contributed by atoms with Crippen LogP contribution in [0.3, 0.4) is 0 Å². The lowest BCUT2D eigenvalue weighted by molar-refractivity contribution is -0.130. The number of carbonyl (C=O) groups is 1. The topological polar surface area (TPSA) is 58.7 Å². The number of hydrogen-bond acceptors (Lipinski definition) is 3. The summed E-state index contributed by atoms with van der Waals surface area (Å²) in [6.45, 7) is 5.98. The van der Waals surface area contributed by atoms with Gasteiger partial charge in [-0.05, 0) is 19.3 Å². The van der Waals surface area contributed by atoms with E-state index in [1.54, 1.807) is 7.05 Å². The summed E-state index contributed by atoms with van der Waals surface area (Å²) in [6.07, 6.45) is 0.747. The molecule has 0 spiro atoms. The van der Waals surface area contributed by atoms with E-state index in [2.05, 4.69) is 18.8 Å². The number of aliphatic imine (C=N–C) groups is 1. The second kappa shape index (κ2) is 3.01. The maximum atomic E-state index is 11.7. The molecule has 1 unspecified atom stereocenters. The van der Waals surface area contributed by atoms with Gasteiger partial charge in [0.15, 0.2) is 5.96 Å². The van der Waals surface area contributed by atoms with Crippen LogP contribution >= 0.6 is 0 Å². The zero-order valence-electron chi connectivity index (χ0n) is 8.66. The van der Waals surface area contributed by atoms with Crippen LogP contribution in [0, 0.1) is 5.92 Å². The molecule has 4 nitrogen and oxygen atoms in total. The van der Waals surface area contributed by atoms with Crippen LogP contribution in [0.5, 0.6) is 0 Å². The molecule has 0 aromatic heterocycles. The molecule has 0 bridgehead atoms. The molecule has 0 aliphatic carbocycles. The minimum atomic E-state index is -0.632. The molecule has 0 radical (unpaired) electrons. The SMILES string of the molecule is CC(C)CC1(C)N=C(N)N(C)C1=O. The van der Waals surface area contributed by atoms with Crippen molar-refractivity contribution in [2.45, 2.75) is 32.7 Å². The Bertz CT molecular complexity index is 260. The van der Waals surface area contributed by atoms with Crippen molar-refractivity contribution in [1.82, 2.24) is 4.90 Å². The maximum Gasteiger partial charge on any atom is 0.256 e. The molecule has 1 amide bonds. The quantitative estimate of drug-likeness (QED) is 0.680. The van der Waals surface area contributed by atoms with Crippen LogP contribution in [0.4, 0.5) is 0 Å². The fraction of sp³-hybridized carbons (Fsp3) is 0.778. The van der Waals surface area contributed by atoms with E-state index in [-0.39, 0.29) is 5.91 Å². The highest BCUT2D eigenvalue weighted by molar-refractivity contribution is 6.06. The summed E-state index contributed by atoms with van der Waals surface area (Å²) < 4.78 is 0. The van der Waals surface area contributed by atoms with Gasteiger partial charge in [-0.15, -0.1) is 0 Å². The Hall–Kier alpha value is -1.06. The van der Waals surface area contributed by atoms with E-state index in [0.717, 1.165) is 6.42 Å². The zero-order chi connectivity index (χ0) is 10.2. The van der Waals surface area contributed by atoms with Crippen LogP contribution in [0.25, 0.3) is 0 Å². The first-order valence-electron chi connectivity index (χ1n) is 4.50. The van der Waals surface area contributed by atoms with E-state index < -0.39 is 5.54 Å². The van der Waals surface area contributed by atoms with Gasteiger partial charge in [0, 0.05) is 7.05 Å². The van der Waals surface area contributed by atoms with Crippen molar-refractivity contribution < 1.29 is 4.79 Å². The first-order chi connectivity index (χ1) is 5.87. The number of nitrogens with two attached hydrogens (primary N) is 1. The van der Waals surface area contributed by atoms with Crippen molar-refractivity contribution in [2.75, 3.05) is 7.05 Å². The van der Waals surface area contributed by atoms with Gasteiger partial charge in [0.2, 0.25) is 0 Å². The molecule has 74 valence electrons. The Morgan fingerprint density at radius 3 is 2.46 bits per heavy atom. The molecular formula is C9H17N3O. The summed E-state index contributed by atoms with van der Waals surface area (Å²) in [7, 11) is 1.66. The monoisotopic (exact) mass is 183 g/mol. The molecule has 1 atom stereocenters. The lowest BCUT2D eigenvalue weighted by atomic mass is 9.91. The van der Waals surface area contributed by atoms with E-state index >= 15 is 0 Å². The Balaban J connectivity index is 2.87. The molecular weight excluding hydrogens is 166 g/mol. The third kappa shape index (κ3) is 1.66. The molecule has 0 saturated heterocycles. The van der Waals surface area contributed by atoms with Crippen LogP contribution in [0.15, 0.2) is 4.99 Å². The smallest absolute Gasteiger partial charge is 0.256 e. The number of carbonyl (C=O) groups excluding carboxylic acids is 1. The second-order valence-electron chi connectivity index (χ2n) is 4.21. The number of guanidine groups is 1. The summed E-state index contributed by atoms with van der Waals surface area (Å²) in [6, 6.07) is 0. The van der Waals surface area contributed by atoms with E-state index in [4.69, 9.17) is 5.73 Å². The average molecular weight is 183 g/mol. The second-order valence-corrected chi connectivity index (χ2v) is 4.21. The van der Waals surface area contributed by atoms with Gasteiger partial charge < -0.3 is 5.73 Å². The van der Waals surface area contributed by atoms with Gasteiger partial charge in [0.1, 0.15) is 5.54 Å². The zero-order valence-corrected chi connectivity index (χ0v) is 8.66. The van der Waals surface area contributed by atoms with Crippen LogP contribution in [-0.4, -0.2) is 29.4 Å². The molecule has 0 fully saturated rings. The largest absolute Gasteiger partial charge is 0.369 e. The number of hydrogen-bond donors (Lipinski definition) is 1. The Morgan fingerprint density at radius 1 is 1.62 bits per heavy atom. The summed E-state index contributed by atoms with van der Waals surface area (Å²) in [5, 5.41) is 0.